The van der Waals surface area contributed by atoms with E-state index in [1.807, 2.05) is 31.2 Å². The summed E-state index contributed by atoms with van der Waals surface area (Å²) in [6.45, 7) is 3.66. The van der Waals surface area contributed by atoms with Crippen molar-refractivity contribution in [3.63, 3.8) is 0 Å². The van der Waals surface area contributed by atoms with Crippen LogP contribution in [0.2, 0.25) is 0 Å². The van der Waals surface area contributed by atoms with Gasteiger partial charge in [-0.2, -0.15) is 0 Å². The van der Waals surface area contributed by atoms with E-state index in [-0.39, 0.29) is 6.10 Å². The maximum Gasteiger partial charge on any atom is 0.312 e. The fourth-order valence-electron chi connectivity index (χ4n) is 3.02. The first kappa shape index (κ1) is 18.9. The molecule has 144 valence electrons. The van der Waals surface area contributed by atoms with E-state index in [0.717, 1.165) is 22.2 Å². The molecule has 0 radical (unpaired) electrons. The number of hydrogen-bond donors (Lipinski definition) is 3. The fourth-order valence-corrected chi connectivity index (χ4v) is 3.02. The molecule has 2 heterocycles. The smallest absolute Gasteiger partial charge is 0.312 e. The van der Waals surface area contributed by atoms with Crippen LogP contribution in [0.5, 0.6) is 0 Å². The predicted octanol–water partition coefficient (Wildman–Crippen LogP) is 1.56. The van der Waals surface area contributed by atoms with Crippen LogP contribution in [0.25, 0.3) is 21.9 Å². The second kappa shape index (κ2) is 8.19. The lowest BCUT2D eigenvalue weighted by atomic mass is 10.2. The number of pyridine rings is 1. The number of rotatable bonds is 8. The van der Waals surface area contributed by atoms with E-state index in [0.29, 0.717) is 37.6 Å². The molecule has 0 saturated heterocycles. The number of imidazole rings is 1. The molecular formula is C18H24N6O3. The second-order valence-electron chi connectivity index (χ2n) is 6.11. The van der Waals surface area contributed by atoms with Gasteiger partial charge in [0.1, 0.15) is 17.4 Å². The molecule has 1 aromatic carbocycles. The van der Waals surface area contributed by atoms with Crippen molar-refractivity contribution in [2.24, 2.45) is 5.73 Å². The van der Waals surface area contributed by atoms with E-state index in [9.17, 15) is 4.79 Å². The molecule has 1 atom stereocenters. The summed E-state index contributed by atoms with van der Waals surface area (Å²) in [7, 11) is 1.64. The van der Waals surface area contributed by atoms with Gasteiger partial charge < -0.3 is 30.8 Å². The number of urea groups is 1. The van der Waals surface area contributed by atoms with Crippen LogP contribution in [0.4, 0.5) is 10.6 Å². The highest BCUT2D eigenvalue weighted by molar-refractivity contribution is 6.06. The summed E-state index contributed by atoms with van der Waals surface area (Å²) in [6.07, 6.45) is -0.216. The number of amides is 2. The van der Waals surface area contributed by atoms with Gasteiger partial charge in [0.25, 0.3) is 0 Å². The lowest BCUT2D eigenvalue weighted by molar-refractivity contribution is 0.102. The highest BCUT2D eigenvalue weighted by Crippen LogP contribution is 2.31. The lowest BCUT2D eigenvalue weighted by Crippen LogP contribution is -2.32. The van der Waals surface area contributed by atoms with E-state index >= 15 is 0 Å². The minimum absolute atomic E-state index is 0.216. The summed E-state index contributed by atoms with van der Waals surface area (Å²) in [5, 5.41) is 3.46. The maximum absolute atomic E-state index is 10.7. The number of hydrogen-bond acceptors (Lipinski definition) is 6. The zero-order valence-corrected chi connectivity index (χ0v) is 15.4. The number of carbonyl (C=O) groups is 1. The molecule has 0 spiro atoms. The van der Waals surface area contributed by atoms with Crippen LogP contribution >= 0.6 is 0 Å². The van der Waals surface area contributed by atoms with E-state index in [1.54, 1.807) is 7.11 Å². The first-order valence-electron chi connectivity index (χ1n) is 8.71. The van der Waals surface area contributed by atoms with Gasteiger partial charge in [-0.25, -0.2) is 14.8 Å². The van der Waals surface area contributed by atoms with Crippen LogP contribution in [0, 0.1) is 0 Å². The molecule has 0 fully saturated rings. The molecule has 2 amide bonds. The Morgan fingerprint density at radius 2 is 2.07 bits per heavy atom. The van der Waals surface area contributed by atoms with E-state index < -0.39 is 6.03 Å². The Balaban J connectivity index is 1.94. The molecule has 5 N–H and O–H groups in total. The molecule has 27 heavy (non-hydrogen) atoms. The normalized spacial score (nSPS) is 12.5. The summed E-state index contributed by atoms with van der Waals surface area (Å²) >= 11 is 0. The summed E-state index contributed by atoms with van der Waals surface area (Å²) in [5.74, 6) is 1.15. The Morgan fingerprint density at radius 3 is 2.81 bits per heavy atom. The molecule has 0 saturated carbocycles. The van der Waals surface area contributed by atoms with Gasteiger partial charge in [0.05, 0.1) is 24.2 Å². The van der Waals surface area contributed by atoms with Crippen molar-refractivity contribution in [2.45, 2.75) is 19.6 Å². The highest BCUT2D eigenvalue weighted by atomic mass is 16.5. The van der Waals surface area contributed by atoms with Gasteiger partial charge in [-0.15, -0.1) is 0 Å². The molecule has 9 nitrogen and oxygen atoms in total. The highest BCUT2D eigenvalue weighted by Gasteiger charge is 2.20. The van der Waals surface area contributed by atoms with Gasteiger partial charge in [0.2, 0.25) is 0 Å². The van der Waals surface area contributed by atoms with E-state index in [2.05, 4.69) is 14.9 Å². The third-order valence-electron chi connectivity index (χ3n) is 4.36. The summed E-state index contributed by atoms with van der Waals surface area (Å²) in [5.41, 5.74) is 13.6. The number of ether oxygens (including phenoxy) is 2. The Hall–Kier alpha value is -2.91. The fraction of sp³-hybridized carbons (Fsp3) is 0.389. The average Bonchev–Trinajstić information content (AvgIpc) is 3.04. The number of aromatic nitrogens is 3. The molecule has 2 aromatic heterocycles. The molecule has 1 unspecified atom stereocenters. The molecule has 9 heteroatoms. The summed E-state index contributed by atoms with van der Waals surface area (Å²) < 4.78 is 13.2. The Labute approximate surface area is 156 Å². The van der Waals surface area contributed by atoms with Crippen LogP contribution < -0.4 is 16.8 Å². The van der Waals surface area contributed by atoms with Crippen molar-refractivity contribution < 1.29 is 14.3 Å². The molecule has 3 rings (SSSR count). The number of carbonyl (C=O) groups excluding carboxylic acids is 1. The topological polar surface area (TPSA) is 130 Å². The van der Waals surface area contributed by atoms with Gasteiger partial charge in [0, 0.05) is 25.6 Å². The monoisotopic (exact) mass is 372 g/mol. The Morgan fingerprint density at radius 1 is 1.30 bits per heavy atom. The number of fused-ring (bicyclic) bond motifs is 3. The quantitative estimate of drug-likeness (QED) is 0.514. The van der Waals surface area contributed by atoms with Crippen molar-refractivity contribution in [2.75, 3.05) is 32.6 Å². The van der Waals surface area contributed by atoms with Crippen LogP contribution in [-0.4, -0.2) is 47.4 Å². The first-order valence-corrected chi connectivity index (χ1v) is 8.71. The molecule has 0 bridgehead atoms. The third-order valence-corrected chi connectivity index (χ3v) is 4.36. The van der Waals surface area contributed by atoms with Crippen LogP contribution in [0.15, 0.2) is 24.3 Å². The van der Waals surface area contributed by atoms with Crippen LogP contribution in [0.3, 0.4) is 0 Å². The molecule has 0 aliphatic heterocycles. The first-order chi connectivity index (χ1) is 13.0. The number of methoxy groups -OCH3 is 1. The van der Waals surface area contributed by atoms with Crippen molar-refractivity contribution in [3.8, 4) is 0 Å². The summed E-state index contributed by atoms with van der Waals surface area (Å²) in [6, 6.07) is 7.25. The predicted molar refractivity (Wildman–Crippen MR) is 103 cm³/mol. The number of benzene rings is 1. The number of nitrogens with two attached hydrogens (primary N) is 2. The number of para-hydroxylation sites is 1. The Kier molecular flexibility index (Phi) is 5.72. The number of nitrogens with zero attached hydrogens (tertiary/aromatic N) is 3. The molecule has 0 aliphatic carbocycles. The van der Waals surface area contributed by atoms with Crippen LogP contribution in [-0.2, 0) is 16.0 Å². The number of nitrogen functional groups attached to an aromatic ring is 1. The molecular weight excluding hydrogens is 348 g/mol. The lowest BCUT2D eigenvalue weighted by Gasteiger charge is -2.14. The van der Waals surface area contributed by atoms with Crippen molar-refractivity contribution in [1.29, 1.82) is 0 Å². The molecule has 0 aliphatic rings. The van der Waals surface area contributed by atoms with Crippen molar-refractivity contribution >= 4 is 33.8 Å². The standard InChI is InChI=1S/C18H24N6O3/c1-11(26-2)17-23-14-15(12-5-3-4-6-13(12)22-16(14)19)24(17)8-10-27-9-7-21-18(20)25/h3-6,11H,7-10H2,1-2H3,(H2,19,22)(H3,20,21,25). The summed E-state index contributed by atoms with van der Waals surface area (Å²) in [4.78, 5) is 19.8. The van der Waals surface area contributed by atoms with Gasteiger partial charge >= 0.3 is 6.03 Å². The van der Waals surface area contributed by atoms with Crippen LogP contribution in [0.1, 0.15) is 18.9 Å². The number of anilines is 1. The van der Waals surface area contributed by atoms with Crippen molar-refractivity contribution in [3.05, 3.63) is 30.1 Å². The zero-order chi connectivity index (χ0) is 19.4. The van der Waals surface area contributed by atoms with Gasteiger partial charge in [-0.1, -0.05) is 18.2 Å². The van der Waals surface area contributed by atoms with Gasteiger partial charge in [0.15, 0.2) is 5.82 Å². The van der Waals surface area contributed by atoms with Gasteiger partial charge in [-0.3, -0.25) is 0 Å². The number of nitrogens with one attached hydrogen (secondary N) is 1. The Bertz CT molecular complexity index is 955. The third kappa shape index (κ3) is 3.93. The van der Waals surface area contributed by atoms with E-state index in [4.69, 9.17) is 25.9 Å². The minimum atomic E-state index is -0.565. The average molecular weight is 372 g/mol. The SMILES string of the molecule is COC(C)c1nc2c(N)nc3ccccc3c2n1CCOCCNC(N)=O. The van der Waals surface area contributed by atoms with Gasteiger partial charge in [-0.05, 0) is 13.0 Å². The minimum Gasteiger partial charge on any atom is -0.382 e. The molecule has 3 aromatic rings. The maximum atomic E-state index is 10.7. The van der Waals surface area contributed by atoms with E-state index in [1.165, 1.54) is 0 Å². The number of primary amides is 1. The largest absolute Gasteiger partial charge is 0.382 e. The second-order valence-corrected chi connectivity index (χ2v) is 6.11. The zero-order valence-electron chi connectivity index (χ0n) is 15.4. The van der Waals surface area contributed by atoms with Crippen molar-refractivity contribution in [1.82, 2.24) is 19.9 Å².